The highest BCUT2D eigenvalue weighted by Crippen LogP contribution is 2.35. The van der Waals surface area contributed by atoms with E-state index in [1.165, 1.54) is 0 Å². The van der Waals surface area contributed by atoms with Gasteiger partial charge < -0.3 is 15.0 Å². The molecule has 204 valence electrons. The number of fused-ring (bicyclic) bond motifs is 1. The van der Waals surface area contributed by atoms with Crippen LogP contribution in [0.15, 0.2) is 73.1 Å². The first-order valence-electron chi connectivity index (χ1n) is 12.1. The third-order valence-electron chi connectivity index (χ3n) is 5.88. The Bertz CT molecular complexity index is 1420. The minimum absolute atomic E-state index is 0.358. The number of hydrogen-bond acceptors (Lipinski definition) is 7. The molecule has 0 aliphatic rings. The summed E-state index contributed by atoms with van der Waals surface area (Å²) in [5, 5.41) is 4.01. The van der Waals surface area contributed by atoms with Gasteiger partial charge in [0.2, 0.25) is 0 Å². The van der Waals surface area contributed by atoms with Gasteiger partial charge in [0.25, 0.3) is 0 Å². The number of rotatable bonds is 10. The molecule has 2 aromatic carbocycles. The Kier molecular flexibility index (Phi) is 8.70. The van der Waals surface area contributed by atoms with E-state index in [9.17, 15) is 22.8 Å². The number of nitrogens with one attached hydrogen (secondary N) is 2. The van der Waals surface area contributed by atoms with Crippen molar-refractivity contribution in [3.05, 3.63) is 89.7 Å². The first-order chi connectivity index (χ1) is 18.7. The second kappa shape index (κ2) is 12.3. The number of aromatic nitrogens is 2. The molecule has 0 amide bonds. The number of aryl methyl sites for hydroxylation is 1. The van der Waals surface area contributed by atoms with Crippen LogP contribution in [-0.4, -0.2) is 41.2 Å². The van der Waals surface area contributed by atoms with E-state index in [-0.39, 0.29) is 6.42 Å². The molecule has 2 heterocycles. The molecule has 0 aliphatic carbocycles. The van der Waals surface area contributed by atoms with Crippen molar-refractivity contribution in [3.63, 3.8) is 0 Å². The summed E-state index contributed by atoms with van der Waals surface area (Å²) in [4.78, 5) is 38.6. The van der Waals surface area contributed by atoms with Crippen molar-refractivity contribution in [3.8, 4) is 5.75 Å². The van der Waals surface area contributed by atoms with Crippen LogP contribution in [0.4, 0.5) is 19.0 Å². The van der Waals surface area contributed by atoms with Crippen LogP contribution in [0.1, 0.15) is 35.4 Å². The van der Waals surface area contributed by atoms with Crippen LogP contribution in [0.3, 0.4) is 0 Å². The lowest BCUT2D eigenvalue weighted by Crippen LogP contribution is -2.27. The lowest BCUT2D eigenvalue weighted by molar-refractivity contribution is -0.285. The van der Waals surface area contributed by atoms with Gasteiger partial charge in [0, 0.05) is 41.8 Å². The maximum absolute atomic E-state index is 12.4. The van der Waals surface area contributed by atoms with Gasteiger partial charge in [0.1, 0.15) is 11.6 Å². The normalized spacial score (nSPS) is 12.1. The monoisotopic (exact) mass is 541 g/mol. The number of H-pyrrole nitrogens is 1. The molecule has 0 saturated carbocycles. The van der Waals surface area contributed by atoms with Gasteiger partial charge in [-0.15, -0.1) is 0 Å². The highest BCUT2D eigenvalue weighted by Gasteiger charge is 2.43. The highest BCUT2D eigenvalue weighted by atomic mass is 19.4. The molecule has 8 nitrogen and oxygen atoms in total. The number of aromatic amines is 1. The SMILES string of the molecule is Cc1cccc(C(CC(=O)OOC(=O)C(F)(F)F)c2c[nH]c3cc(OCCCNc4ccccn4)ccc23)c1. The fraction of sp³-hybridized carbons (Fsp3) is 0.250. The average Bonchev–Trinajstić information content (AvgIpc) is 3.33. The molecule has 1 atom stereocenters. The number of anilines is 1. The summed E-state index contributed by atoms with van der Waals surface area (Å²) in [6.45, 7) is 3.06. The molecule has 1 unspecified atom stereocenters. The quantitative estimate of drug-likeness (QED) is 0.148. The van der Waals surface area contributed by atoms with Crippen LogP contribution in [0.5, 0.6) is 5.75 Å². The summed E-state index contributed by atoms with van der Waals surface area (Å²) >= 11 is 0. The lowest BCUT2D eigenvalue weighted by Gasteiger charge is -2.17. The van der Waals surface area contributed by atoms with Crippen LogP contribution in [0.2, 0.25) is 0 Å². The number of nitrogens with zero attached hydrogens (tertiary/aromatic N) is 1. The Morgan fingerprint density at radius 1 is 1.05 bits per heavy atom. The fourth-order valence-corrected chi connectivity index (χ4v) is 4.08. The zero-order valence-electron chi connectivity index (χ0n) is 21.0. The highest BCUT2D eigenvalue weighted by molar-refractivity contribution is 5.86. The van der Waals surface area contributed by atoms with Gasteiger partial charge in [0.05, 0.1) is 13.0 Å². The number of carbonyl (C=O) groups is 2. The van der Waals surface area contributed by atoms with Crippen LogP contribution in [0.25, 0.3) is 10.9 Å². The first-order valence-corrected chi connectivity index (χ1v) is 12.1. The van der Waals surface area contributed by atoms with Gasteiger partial charge in [-0.2, -0.15) is 13.2 Å². The second-order valence-corrected chi connectivity index (χ2v) is 8.79. The lowest BCUT2D eigenvalue weighted by atomic mass is 9.87. The van der Waals surface area contributed by atoms with Gasteiger partial charge in [-0.1, -0.05) is 35.9 Å². The molecule has 0 aliphatic heterocycles. The van der Waals surface area contributed by atoms with E-state index in [4.69, 9.17) is 4.74 Å². The van der Waals surface area contributed by atoms with Crippen molar-refractivity contribution in [1.29, 1.82) is 0 Å². The molecule has 2 aromatic heterocycles. The Labute approximate surface area is 222 Å². The molecule has 0 fully saturated rings. The minimum Gasteiger partial charge on any atom is -0.493 e. The molecule has 4 aromatic rings. The summed E-state index contributed by atoms with van der Waals surface area (Å²) in [6.07, 6.45) is -1.44. The van der Waals surface area contributed by atoms with E-state index >= 15 is 0 Å². The summed E-state index contributed by atoms with van der Waals surface area (Å²) in [5.41, 5.74) is 3.16. The average molecular weight is 542 g/mol. The number of hydrogen-bond donors (Lipinski definition) is 2. The summed E-state index contributed by atoms with van der Waals surface area (Å²) < 4.78 is 43.1. The molecular weight excluding hydrogens is 515 g/mol. The molecule has 0 spiro atoms. The van der Waals surface area contributed by atoms with Crippen LogP contribution in [0, 0.1) is 6.92 Å². The Hall–Kier alpha value is -4.54. The van der Waals surface area contributed by atoms with Gasteiger partial charge in [-0.3, -0.25) is 0 Å². The summed E-state index contributed by atoms with van der Waals surface area (Å²) in [6, 6.07) is 18.5. The molecule has 0 bridgehead atoms. The number of ether oxygens (including phenoxy) is 1. The largest absolute Gasteiger partial charge is 0.495 e. The van der Waals surface area contributed by atoms with Crippen LogP contribution in [-0.2, 0) is 19.4 Å². The van der Waals surface area contributed by atoms with Gasteiger partial charge in [-0.25, -0.2) is 24.3 Å². The maximum Gasteiger partial charge on any atom is 0.495 e. The molecule has 0 radical (unpaired) electrons. The number of alkyl halides is 3. The van der Waals surface area contributed by atoms with E-state index < -0.39 is 24.0 Å². The molecule has 11 heteroatoms. The van der Waals surface area contributed by atoms with Gasteiger partial charge >= 0.3 is 18.1 Å². The third kappa shape index (κ3) is 7.50. The van der Waals surface area contributed by atoms with Crippen LogP contribution < -0.4 is 10.1 Å². The standard InChI is InChI=1S/C28H26F3N3O5/c1-18-6-4-7-19(14-18)22(16-26(35)38-39-27(36)28(29,30)31)23-17-34-24-15-20(9-10-21(23)24)37-13-5-12-33-25-8-2-3-11-32-25/h2-4,6-11,14-15,17,22,34H,5,12-13,16H2,1H3,(H,32,33). The van der Waals surface area contributed by atoms with Crippen molar-refractivity contribution in [1.82, 2.24) is 9.97 Å². The van der Waals surface area contributed by atoms with E-state index in [0.717, 1.165) is 39.8 Å². The topological polar surface area (TPSA) is 103 Å². The van der Waals surface area contributed by atoms with E-state index in [1.807, 2.05) is 67.6 Å². The fourth-order valence-electron chi connectivity index (χ4n) is 4.08. The van der Waals surface area contributed by atoms with Gasteiger partial charge in [0.15, 0.2) is 0 Å². The molecule has 2 N–H and O–H groups in total. The Morgan fingerprint density at radius 3 is 2.64 bits per heavy atom. The van der Waals surface area contributed by atoms with Gasteiger partial charge in [-0.05, 0) is 48.7 Å². The molecular formula is C28H26F3N3O5. The van der Waals surface area contributed by atoms with E-state index in [2.05, 4.69) is 25.1 Å². The second-order valence-electron chi connectivity index (χ2n) is 8.79. The van der Waals surface area contributed by atoms with Crippen molar-refractivity contribution in [2.24, 2.45) is 0 Å². The van der Waals surface area contributed by atoms with Crippen molar-refractivity contribution < 1.29 is 37.3 Å². The zero-order chi connectivity index (χ0) is 27.8. The molecule has 0 saturated heterocycles. The van der Waals surface area contributed by atoms with Crippen molar-refractivity contribution >= 4 is 28.7 Å². The first kappa shape index (κ1) is 27.5. The third-order valence-corrected chi connectivity index (χ3v) is 5.88. The Balaban J connectivity index is 1.44. The smallest absolute Gasteiger partial charge is 0.493 e. The number of halogens is 3. The summed E-state index contributed by atoms with van der Waals surface area (Å²) in [5.74, 6) is -2.86. The molecule has 4 rings (SSSR count). The number of pyridine rings is 1. The van der Waals surface area contributed by atoms with Crippen molar-refractivity contribution in [2.75, 3.05) is 18.5 Å². The number of carbonyl (C=O) groups excluding carboxylic acids is 2. The molecule has 39 heavy (non-hydrogen) atoms. The number of benzene rings is 2. The Morgan fingerprint density at radius 2 is 1.90 bits per heavy atom. The van der Waals surface area contributed by atoms with E-state index in [1.54, 1.807) is 12.4 Å². The minimum atomic E-state index is -5.28. The van der Waals surface area contributed by atoms with Crippen molar-refractivity contribution in [2.45, 2.75) is 31.9 Å². The van der Waals surface area contributed by atoms with E-state index in [0.29, 0.717) is 18.9 Å². The van der Waals surface area contributed by atoms with Crippen LogP contribution >= 0.6 is 0 Å². The predicted octanol–water partition coefficient (Wildman–Crippen LogP) is 5.84. The zero-order valence-corrected chi connectivity index (χ0v) is 21.0. The summed E-state index contributed by atoms with van der Waals surface area (Å²) in [7, 11) is 0. The predicted molar refractivity (Wildman–Crippen MR) is 137 cm³/mol. The maximum atomic E-state index is 12.4.